The number of hydrogen-bond acceptors (Lipinski definition) is 5. The van der Waals surface area contributed by atoms with E-state index in [0.717, 1.165) is 6.20 Å². The van der Waals surface area contributed by atoms with Crippen LogP contribution >= 0.6 is 0 Å². The first kappa shape index (κ1) is 11.0. The van der Waals surface area contributed by atoms with Crippen molar-refractivity contribution in [2.45, 2.75) is 6.61 Å². The second kappa shape index (κ2) is 4.56. The molecule has 88 valence electrons. The Hall–Kier alpha value is -2.50. The molecule has 0 aliphatic heterocycles. The van der Waals surface area contributed by atoms with Crippen molar-refractivity contribution in [1.82, 2.24) is 5.16 Å². The molecule has 1 heterocycles. The highest BCUT2D eigenvalue weighted by molar-refractivity contribution is 5.88. The number of ether oxygens (including phenoxy) is 1. The molecule has 0 unspecified atom stereocenters. The van der Waals surface area contributed by atoms with Gasteiger partial charge in [0.25, 0.3) is 0 Å². The molecule has 0 spiro atoms. The number of phenolic OH excluding ortho intramolecular Hbond substituents is 1. The van der Waals surface area contributed by atoms with Gasteiger partial charge in [-0.2, -0.15) is 0 Å². The Kier molecular flexibility index (Phi) is 2.95. The number of benzene rings is 1. The van der Waals surface area contributed by atoms with Crippen LogP contribution in [0.3, 0.4) is 0 Å². The molecular formula is C11H9NO5. The molecule has 0 atom stereocenters. The molecule has 2 aromatic rings. The third kappa shape index (κ3) is 2.54. The number of carbonyl (C=O) groups is 1. The maximum atomic E-state index is 10.8. The van der Waals surface area contributed by atoms with E-state index in [-0.39, 0.29) is 23.7 Å². The third-order valence-electron chi connectivity index (χ3n) is 2.06. The first-order valence-electron chi connectivity index (χ1n) is 4.75. The van der Waals surface area contributed by atoms with Crippen LogP contribution in [-0.2, 0) is 6.61 Å². The van der Waals surface area contributed by atoms with Gasteiger partial charge in [0.15, 0.2) is 5.76 Å². The molecule has 0 aliphatic rings. The van der Waals surface area contributed by atoms with Gasteiger partial charge in [-0.05, 0) is 12.1 Å². The Morgan fingerprint density at radius 1 is 1.47 bits per heavy atom. The van der Waals surface area contributed by atoms with Gasteiger partial charge in [-0.15, -0.1) is 0 Å². The number of carboxylic acid groups (broad SMARTS) is 1. The molecule has 0 radical (unpaired) electrons. The molecule has 6 nitrogen and oxygen atoms in total. The van der Waals surface area contributed by atoms with E-state index in [1.54, 1.807) is 12.1 Å². The number of aromatic nitrogens is 1. The molecule has 2 rings (SSSR count). The van der Waals surface area contributed by atoms with Crippen molar-refractivity contribution in [2.24, 2.45) is 0 Å². The minimum Gasteiger partial charge on any atom is -0.508 e. The maximum Gasteiger partial charge on any atom is 0.341 e. The number of aromatic hydroxyl groups is 1. The fraction of sp³-hybridized carbons (Fsp3) is 0.0909. The number of aromatic carboxylic acids is 1. The fourth-order valence-electron chi connectivity index (χ4n) is 1.26. The van der Waals surface area contributed by atoms with Crippen LogP contribution in [0.2, 0.25) is 0 Å². The van der Waals surface area contributed by atoms with Gasteiger partial charge in [0.05, 0.1) is 6.20 Å². The van der Waals surface area contributed by atoms with Gasteiger partial charge in [-0.3, -0.25) is 0 Å². The van der Waals surface area contributed by atoms with Crippen molar-refractivity contribution in [1.29, 1.82) is 0 Å². The maximum absolute atomic E-state index is 10.8. The molecule has 6 heteroatoms. The highest BCUT2D eigenvalue weighted by atomic mass is 16.5. The van der Waals surface area contributed by atoms with Crippen LogP contribution < -0.4 is 4.74 Å². The highest BCUT2D eigenvalue weighted by Crippen LogP contribution is 2.19. The molecule has 1 aromatic carbocycles. The SMILES string of the molecule is O=C(O)c1cnoc1COc1cccc(O)c1. The molecule has 0 saturated heterocycles. The summed E-state index contributed by atoms with van der Waals surface area (Å²) in [7, 11) is 0. The summed E-state index contributed by atoms with van der Waals surface area (Å²) in [6.45, 7) is -0.0644. The molecule has 0 amide bonds. The minimum absolute atomic E-state index is 0.0369. The lowest BCUT2D eigenvalue weighted by molar-refractivity contribution is 0.0691. The first-order valence-corrected chi connectivity index (χ1v) is 4.75. The standard InChI is InChI=1S/C11H9NO5/c13-7-2-1-3-8(4-7)16-6-10-9(11(14)15)5-12-17-10/h1-5,13H,6H2,(H,14,15). The number of hydrogen-bond donors (Lipinski definition) is 2. The van der Waals surface area contributed by atoms with Crippen molar-refractivity contribution < 1.29 is 24.3 Å². The fourth-order valence-corrected chi connectivity index (χ4v) is 1.26. The Labute approximate surface area is 96.0 Å². The van der Waals surface area contributed by atoms with Crippen LogP contribution in [0, 0.1) is 0 Å². The van der Waals surface area contributed by atoms with Crippen LogP contribution in [0.25, 0.3) is 0 Å². The van der Waals surface area contributed by atoms with Gasteiger partial charge in [0.2, 0.25) is 0 Å². The molecule has 0 saturated carbocycles. The normalized spacial score (nSPS) is 10.1. The second-order valence-electron chi connectivity index (χ2n) is 3.25. The van der Waals surface area contributed by atoms with Gasteiger partial charge in [-0.1, -0.05) is 11.2 Å². The second-order valence-corrected chi connectivity index (χ2v) is 3.25. The van der Waals surface area contributed by atoms with E-state index in [1.807, 2.05) is 0 Å². The summed E-state index contributed by atoms with van der Waals surface area (Å²) in [5.74, 6) is -0.516. The van der Waals surface area contributed by atoms with Crippen LogP contribution in [0.1, 0.15) is 16.1 Å². The summed E-state index contributed by atoms with van der Waals surface area (Å²) in [6, 6.07) is 6.17. The molecule has 2 N–H and O–H groups in total. The average Bonchev–Trinajstić information content (AvgIpc) is 2.74. The number of nitrogens with zero attached hydrogens (tertiary/aromatic N) is 1. The van der Waals surface area contributed by atoms with Crippen LogP contribution in [0.4, 0.5) is 0 Å². The van der Waals surface area contributed by atoms with Crippen molar-refractivity contribution in [2.75, 3.05) is 0 Å². The molecule has 1 aromatic heterocycles. The van der Waals surface area contributed by atoms with Crippen molar-refractivity contribution in [3.63, 3.8) is 0 Å². The Morgan fingerprint density at radius 2 is 2.29 bits per heavy atom. The Bertz CT molecular complexity index is 534. The lowest BCUT2D eigenvalue weighted by Gasteiger charge is -2.04. The Balaban J connectivity index is 2.07. The van der Waals surface area contributed by atoms with E-state index >= 15 is 0 Å². The van der Waals surface area contributed by atoms with E-state index in [2.05, 4.69) is 5.16 Å². The van der Waals surface area contributed by atoms with Gasteiger partial charge < -0.3 is 19.5 Å². The van der Waals surface area contributed by atoms with Gasteiger partial charge in [-0.25, -0.2) is 4.79 Å². The van der Waals surface area contributed by atoms with Crippen LogP contribution in [0.5, 0.6) is 11.5 Å². The van der Waals surface area contributed by atoms with Crippen LogP contribution in [0.15, 0.2) is 35.0 Å². The predicted octanol–water partition coefficient (Wildman–Crippen LogP) is 1.66. The zero-order chi connectivity index (χ0) is 12.3. The van der Waals surface area contributed by atoms with E-state index in [9.17, 15) is 9.90 Å². The zero-order valence-electron chi connectivity index (χ0n) is 8.66. The molecule has 0 fully saturated rings. The summed E-state index contributed by atoms with van der Waals surface area (Å²) in [6.07, 6.45) is 1.11. The summed E-state index contributed by atoms with van der Waals surface area (Å²) >= 11 is 0. The largest absolute Gasteiger partial charge is 0.508 e. The number of phenols is 1. The third-order valence-corrected chi connectivity index (χ3v) is 2.06. The Morgan fingerprint density at radius 3 is 3.00 bits per heavy atom. The van der Waals surface area contributed by atoms with Crippen LogP contribution in [-0.4, -0.2) is 21.3 Å². The van der Waals surface area contributed by atoms with E-state index in [1.165, 1.54) is 12.1 Å². The van der Waals surface area contributed by atoms with Crippen molar-refractivity contribution in [3.05, 3.63) is 41.8 Å². The smallest absolute Gasteiger partial charge is 0.341 e. The summed E-state index contributed by atoms with van der Waals surface area (Å²) in [5.41, 5.74) is -0.0369. The first-order chi connectivity index (χ1) is 8.16. The van der Waals surface area contributed by atoms with Crippen molar-refractivity contribution in [3.8, 4) is 11.5 Å². The predicted molar refractivity (Wildman–Crippen MR) is 55.9 cm³/mol. The minimum atomic E-state index is -1.12. The monoisotopic (exact) mass is 235 g/mol. The number of rotatable bonds is 4. The van der Waals surface area contributed by atoms with Gasteiger partial charge >= 0.3 is 5.97 Å². The molecular weight excluding hydrogens is 226 g/mol. The quantitative estimate of drug-likeness (QED) is 0.837. The van der Waals surface area contributed by atoms with Gasteiger partial charge in [0.1, 0.15) is 23.7 Å². The lowest BCUT2D eigenvalue weighted by Crippen LogP contribution is -2.02. The van der Waals surface area contributed by atoms with E-state index in [4.69, 9.17) is 14.4 Å². The lowest BCUT2D eigenvalue weighted by atomic mass is 10.3. The van der Waals surface area contributed by atoms with E-state index in [0.29, 0.717) is 5.75 Å². The van der Waals surface area contributed by atoms with E-state index < -0.39 is 5.97 Å². The summed E-state index contributed by atoms with van der Waals surface area (Å²) < 4.78 is 10.0. The number of carboxylic acids is 1. The molecule has 0 aliphatic carbocycles. The van der Waals surface area contributed by atoms with Crippen molar-refractivity contribution >= 4 is 5.97 Å². The summed E-state index contributed by atoms with van der Waals surface area (Å²) in [4.78, 5) is 10.8. The van der Waals surface area contributed by atoms with Gasteiger partial charge in [0, 0.05) is 6.07 Å². The highest BCUT2D eigenvalue weighted by Gasteiger charge is 2.15. The summed E-state index contributed by atoms with van der Waals surface area (Å²) in [5, 5.41) is 21.4. The average molecular weight is 235 g/mol. The zero-order valence-corrected chi connectivity index (χ0v) is 8.66. The molecule has 0 bridgehead atoms. The molecule has 17 heavy (non-hydrogen) atoms. The topological polar surface area (TPSA) is 92.8 Å².